The summed E-state index contributed by atoms with van der Waals surface area (Å²) in [6.07, 6.45) is 1.85. The molecule has 1 aliphatic heterocycles. The van der Waals surface area contributed by atoms with E-state index in [2.05, 4.69) is 42.3 Å². The van der Waals surface area contributed by atoms with Crippen molar-refractivity contribution in [3.8, 4) is 17.0 Å². The maximum absolute atomic E-state index is 13.4. The summed E-state index contributed by atoms with van der Waals surface area (Å²) in [7, 11) is -4.25. The Hall–Kier alpha value is -3.37. The number of rotatable bonds is 8. The highest BCUT2D eigenvalue weighted by atomic mass is 35.5. The summed E-state index contributed by atoms with van der Waals surface area (Å²) < 4.78 is 33.8. The molecule has 0 unspecified atom stereocenters. The number of aromatic nitrogens is 2. The summed E-state index contributed by atoms with van der Waals surface area (Å²) in [6, 6.07) is 13.1. The van der Waals surface area contributed by atoms with E-state index in [9.17, 15) is 13.2 Å². The SMILES string of the molecule is CC(C)COc1cc(-c2ccc(C(=O)NS(=O)(=O)c3cccc(N)n3)c(N3[C@H](C)CC[C@@H]3C)n2)ccc1Cl. The van der Waals surface area contributed by atoms with Crippen LogP contribution in [0.2, 0.25) is 5.02 Å². The molecule has 0 spiro atoms. The summed E-state index contributed by atoms with van der Waals surface area (Å²) in [4.78, 5) is 24.1. The molecule has 3 aromatic rings. The number of sulfonamides is 1. The van der Waals surface area contributed by atoms with Crippen LogP contribution in [0.4, 0.5) is 11.6 Å². The van der Waals surface area contributed by atoms with E-state index in [-0.39, 0.29) is 28.5 Å². The first-order valence-corrected chi connectivity index (χ1v) is 14.3. The normalized spacial score (nSPS) is 17.6. The largest absolute Gasteiger partial charge is 0.492 e. The number of anilines is 2. The van der Waals surface area contributed by atoms with Crippen LogP contribution in [0.1, 0.15) is 50.9 Å². The molecule has 1 aliphatic rings. The van der Waals surface area contributed by atoms with E-state index in [4.69, 9.17) is 27.1 Å². The molecule has 1 fully saturated rings. The van der Waals surface area contributed by atoms with Gasteiger partial charge in [0.15, 0.2) is 5.03 Å². The van der Waals surface area contributed by atoms with Gasteiger partial charge in [0.05, 0.1) is 22.9 Å². The maximum Gasteiger partial charge on any atom is 0.281 e. The van der Waals surface area contributed by atoms with E-state index in [1.54, 1.807) is 18.2 Å². The number of amides is 1. The lowest BCUT2D eigenvalue weighted by molar-refractivity contribution is 0.0981. The lowest BCUT2D eigenvalue weighted by atomic mass is 10.1. The average Bonchev–Trinajstić information content (AvgIpc) is 3.20. The van der Waals surface area contributed by atoms with Gasteiger partial charge in [0, 0.05) is 17.6 Å². The molecule has 2 atom stereocenters. The smallest absolute Gasteiger partial charge is 0.281 e. The Morgan fingerprint density at radius 2 is 1.84 bits per heavy atom. The molecule has 3 N–H and O–H groups in total. The number of ether oxygens (including phenoxy) is 1. The van der Waals surface area contributed by atoms with Crippen LogP contribution in [0.3, 0.4) is 0 Å². The van der Waals surface area contributed by atoms with Crippen molar-refractivity contribution in [2.24, 2.45) is 5.92 Å². The van der Waals surface area contributed by atoms with Gasteiger partial charge in [0.1, 0.15) is 17.4 Å². The molecule has 0 saturated carbocycles. The van der Waals surface area contributed by atoms with Gasteiger partial charge < -0.3 is 15.4 Å². The summed E-state index contributed by atoms with van der Waals surface area (Å²) >= 11 is 6.35. The summed E-state index contributed by atoms with van der Waals surface area (Å²) in [5.41, 5.74) is 7.15. The molecular weight excluding hydrogens is 526 g/mol. The fraction of sp³-hybridized carbons (Fsp3) is 0.370. The van der Waals surface area contributed by atoms with Crippen molar-refractivity contribution in [1.82, 2.24) is 14.7 Å². The lowest BCUT2D eigenvalue weighted by Gasteiger charge is -2.29. The number of nitrogens with zero attached hydrogens (tertiary/aromatic N) is 3. The fourth-order valence-corrected chi connectivity index (χ4v) is 5.55. The second-order valence-electron chi connectivity index (χ2n) is 9.94. The molecule has 38 heavy (non-hydrogen) atoms. The topological polar surface area (TPSA) is 128 Å². The molecule has 11 heteroatoms. The Morgan fingerprint density at radius 1 is 1.13 bits per heavy atom. The minimum Gasteiger partial charge on any atom is -0.492 e. The van der Waals surface area contributed by atoms with E-state index in [0.29, 0.717) is 34.8 Å². The van der Waals surface area contributed by atoms with Gasteiger partial charge in [-0.3, -0.25) is 4.79 Å². The first-order chi connectivity index (χ1) is 18.0. The highest BCUT2D eigenvalue weighted by Crippen LogP contribution is 2.35. The quantitative estimate of drug-likeness (QED) is 0.400. The van der Waals surface area contributed by atoms with Crippen LogP contribution in [-0.4, -0.2) is 43.0 Å². The number of nitrogen functional groups attached to an aromatic ring is 1. The van der Waals surface area contributed by atoms with Crippen molar-refractivity contribution in [2.75, 3.05) is 17.2 Å². The molecule has 2 aromatic heterocycles. The van der Waals surface area contributed by atoms with Crippen molar-refractivity contribution in [3.05, 3.63) is 59.1 Å². The molecule has 0 aliphatic carbocycles. The number of carbonyl (C=O) groups is 1. The maximum atomic E-state index is 13.4. The Balaban J connectivity index is 1.74. The fourth-order valence-electron chi connectivity index (χ4n) is 4.44. The Morgan fingerprint density at radius 3 is 2.50 bits per heavy atom. The van der Waals surface area contributed by atoms with Crippen molar-refractivity contribution in [3.63, 3.8) is 0 Å². The minimum atomic E-state index is -4.25. The predicted molar refractivity (Wildman–Crippen MR) is 149 cm³/mol. The third-order valence-corrected chi connectivity index (χ3v) is 7.91. The number of hydrogen-bond donors (Lipinski definition) is 2. The number of nitrogens with one attached hydrogen (secondary N) is 1. The van der Waals surface area contributed by atoms with Crippen LogP contribution in [0.15, 0.2) is 53.6 Å². The highest BCUT2D eigenvalue weighted by Gasteiger charge is 2.33. The first kappa shape index (κ1) is 27.7. The standard InChI is InChI=1S/C27H32ClN5O4S/c1-16(2)15-37-23-14-19(10-12-21(23)28)22-13-11-20(26(30-22)33-17(3)8-9-18(33)4)27(34)32-38(35,36)25-7-5-6-24(29)31-25/h5-7,10-14,16-18H,8-9,15H2,1-4H3,(H2,29,31)(H,32,34)/t17-,18+. The van der Waals surface area contributed by atoms with Gasteiger partial charge in [-0.2, -0.15) is 8.42 Å². The molecule has 4 rings (SSSR count). The molecule has 1 amide bonds. The zero-order chi connectivity index (χ0) is 27.6. The summed E-state index contributed by atoms with van der Waals surface area (Å²) in [6.45, 7) is 8.74. The zero-order valence-electron chi connectivity index (χ0n) is 21.8. The van der Waals surface area contributed by atoms with Gasteiger partial charge in [-0.25, -0.2) is 14.7 Å². The Labute approximate surface area is 228 Å². The highest BCUT2D eigenvalue weighted by molar-refractivity contribution is 7.90. The third kappa shape index (κ3) is 6.02. The Kier molecular flexibility index (Phi) is 8.13. The number of halogens is 1. The first-order valence-electron chi connectivity index (χ1n) is 12.5. The van der Waals surface area contributed by atoms with Gasteiger partial charge in [0.2, 0.25) is 0 Å². The number of nitrogens with two attached hydrogens (primary N) is 1. The summed E-state index contributed by atoms with van der Waals surface area (Å²) in [5.74, 6) is 0.520. The van der Waals surface area contributed by atoms with E-state index in [0.717, 1.165) is 18.4 Å². The number of benzene rings is 1. The molecule has 1 saturated heterocycles. The molecule has 1 aromatic carbocycles. The molecule has 202 valence electrons. The van der Waals surface area contributed by atoms with Crippen molar-refractivity contribution in [2.45, 2.75) is 57.6 Å². The average molecular weight is 558 g/mol. The van der Waals surface area contributed by atoms with Crippen LogP contribution >= 0.6 is 11.6 Å². The summed E-state index contributed by atoms with van der Waals surface area (Å²) in [5, 5.41) is 0.155. The van der Waals surface area contributed by atoms with Gasteiger partial charge in [0.25, 0.3) is 15.9 Å². The monoisotopic (exact) mass is 557 g/mol. The van der Waals surface area contributed by atoms with E-state index >= 15 is 0 Å². The predicted octanol–water partition coefficient (Wildman–Crippen LogP) is 4.91. The van der Waals surface area contributed by atoms with Gasteiger partial charge >= 0.3 is 0 Å². The van der Waals surface area contributed by atoms with Crippen molar-refractivity contribution in [1.29, 1.82) is 0 Å². The van der Waals surface area contributed by atoms with E-state index in [1.807, 2.05) is 12.1 Å². The zero-order valence-corrected chi connectivity index (χ0v) is 23.4. The lowest BCUT2D eigenvalue weighted by Crippen LogP contribution is -2.37. The van der Waals surface area contributed by atoms with Gasteiger partial charge in [-0.1, -0.05) is 37.6 Å². The number of pyridine rings is 2. The van der Waals surface area contributed by atoms with E-state index < -0.39 is 15.9 Å². The van der Waals surface area contributed by atoms with Crippen LogP contribution in [0.5, 0.6) is 5.75 Å². The number of carbonyl (C=O) groups excluding carboxylic acids is 1. The third-order valence-electron chi connectivity index (χ3n) is 6.36. The molecule has 9 nitrogen and oxygen atoms in total. The molecule has 0 radical (unpaired) electrons. The molecular formula is C27H32ClN5O4S. The second-order valence-corrected chi connectivity index (χ2v) is 12.0. The van der Waals surface area contributed by atoms with Crippen LogP contribution in [-0.2, 0) is 10.0 Å². The second kappa shape index (κ2) is 11.2. The number of hydrogen-bond acceptors (Lipinski definition) is 8. The van der Waals surface area contributed by atoms with Crippen LogP contribution in [0, 0.1) is 5.92 Å². The van der Waals surface area contributed by atoms with Crippen molar-refractivity contribution >= 4 is 39.2 Å². The van der Waals surface area contributed by atoms with E-state index in [1.165, 1.54) is 18.2 Å². The van der Waals surface area contributed by atoms with Crippen LogP contribution < -0.4 is 20.1 Å². The van der Waals surface area contributed by atoms with Crippen molar-refractivity contribution < 1.29 is 17.9 Å². The molecule has 0 bridgehead atoms. The van der Waals surface area contributed by atoms with Crippen LogP contribution in [0.25, 0.3) is 11.3 Å². The minimum absolute atomic E-state index is 0.0338. The van der Waals surface area contributed by atoms with Gasteiger partial charge in [-0.15, -0.1) is 0 Å². The van der Waals surface area contributed by atoms with Gasteiger partial charge in [-0.05, 0) is 69.0 Å². The molecule has 3 heterocycles. The Bertz CT molecular complexity index is 1440.